The standard InChI is InChI=1S/C22H22ClN3O2S2/c1-22(2,19-13-29-21(25-19)26-30(28)18-10-11-18)20(27)24-17-8-6-14(7-9-17)15-4-3-5-16(23)12-15/h3-9,12-13,18H,10-11H2,1-2H3,(H,24,27)(H,25,26). The molecule has 5 nitrogen and oxygen atoms in total. The van der Waals surface area contributed by atoms with Gasteiger partial charge in [0.15, 0.2) is 5.13 Å². The SMILES string of the molecule is CC(C)(C(=O)Nc1ccc(-c2cccc(Cl)c2)cc1)c1csc(NS(=O)C2CC2)n1. The Hall–Kier alpha value is -2.22. The van der Waals surface area contributed by atoms with Crippen LogP contribution >= 0.6 is 22.9 Å². The van der Waals surface area contributed by atoms with Gasteiger partial charge in [-0.15, -0.1) is 11.3 Å². The highest BCUT2D eigenvalue weighted by molar-refractivity contribution is 7.87. The molecule has 0 aliphatic heterocycles. The van der Waals surface area contributed by atoms with Gasteiger partial charge in [0.2, 0.25) is 5.91 Å². The van der Waals surface area contributed by atoms with Gasteiger partial charge in [0.1, 0.15) is 11.0 Å². The number of thiazole rings is 1. The first-order valence-corrected chi connectivity index (χ1v) is 12.1. The highest BCUT2D eigenvalue weighted by Crippen LogP contribution is 2.32. The summed E-state index contributed by atoms with van der Waals surface area (Å²) in [7, 11) is -1.10. The number of aromatic nitrogens is 1. The predicted molar refractivity (Wildman–Crippen MR) is 125 cm³/mol. The first-order chi connectivity index (χ1) is 14.3. The molecule has 1 fully saturated rings. The average molecular weight is 460 g/mol. The molecule has 1 unspecified atom stereocenters. The number of carbonyl (C=O) groups is 1. The predicted octanol–water partition coefficient (Wildman–Crippen LogP) is 5.62. The van der Waals surface area contributed by atoms with Gasteiger partial charge in [-0.3, -0.25) is 9.52 Å². The van der Waals surface area contributed by atoms with Crippen LogP contribution in [0.1, 0.15) is 32.4 Å². The van der Waals surface area contributed by atoms with Crippen molar-refractivity contribution in [1.82, 2.24) is 4.98 Å². The van der Waals surface area contributed by atoms with E-state index in [1.165, 1.54) is 11.3 Å². The van der Waals surface area contributed by atoms with E-state index in [1.807, 2.05) is 67.8 Å². The van der Waals surface area contributed by atoms with Crippen LogP contribution in [0.2, 0.25) is 5.02 Å². The molecule has 1 aliphatic rings. The van der Waals surface area contributed by atoms with Crippen molar-refractivity contribution in [2.75, 3.05) is 10.0 Å². The molecule has 0 spiro atoms. The maximum atomic E-state index is 12.9. The molecule has 3 aromatic rings. The second-order valence-electron chi connectivity index (χ2n) is 7.80. The smallest absolute Gasteiger partial charge is 0.236 e. The number of carbonyl (C=O) groups excluding carboxylic acids is 1. The van der Waals surface area contributed by atoms with E-state index in [4.69, 9.17) is 11.6 Å². The molecule has 1 amide bonds. The summed E-state index contributed by atoms with van der Waals surface area (Å²) < 4.78 is 15.0. The van der Waals surface area contributed by atoms with Crippen LogP contribution in [0.25, 0.3) is 11.1 Å². The van der Waals surface area contributed by atoms with Crippen molar-refractivity contribution in [2.45, 2.75) is 37.4 Å². The van der Waals surface area contributed by atoms with E-state index >= 15 is 0 Å². The summed E-state index contributed by atoms with van der Waals surface area (Å²) in [6, 6.07) is 15.3. The third kappa shape index (κ3) is 4.74. The molecule has 8 heteroatoms. The lowest BCUT2D eigenvalue weighted by atomic mass is 9.89. The Morgan fingerprint density at radius 3 is 2.57 bits per heavy atom. The Morgan fingerprint density at radius 2 is 1.90 bits per heavy atom. The molecule has 156 valence electrons. The zero-order chi connectivity index (χ0) is 21.3. The molecule has 1 atom stereocenters. The summed E-state index contributed by atoms with van der Waals surface area (Å²) in [5.74, 6) is -0.154. The monoisotopic (exact) mass is 459 g/mol. The van der Waals surface area contributed by atoms with Gasteiger partial charge < -0.3 is 5.32 Å². The molecule has 0 radical (unpaired) electrons. The largest absolute Gasteiger partial charge is 0.325 e. The van der Waals surface area contributed by atoms with Crippen molar-refractivity contribution in [3.8, 4) is 11.1 Å². The summed E-state index contributed by atoms with van der Waals surface area (Å²) in [4.78, 5) is 17.4. The fraction of sp³-hybridized carbons (Fsp3) is 0.273. The Kier molecular flexibility index (Phi) is 5.95. The molecule has 1 saturated carbocycles. The third-order valence-electron chi connectivity index (χ3n) is 5.03. The summed E-state index contributed by atoms with van der Waals surface area (Å²) in [6.45, 7) is 3.67. The van der Waals surface area contributed by atoms with Crippen LogP contribution in [-0.4, -0.2) is 20.3 Å². The van der Waals surface area contributed by atoms with Crippen LogP contribution in [0, 0.1) is 0 Å². The van der Waals surface area contributed by atoms with Crippen LogP contribution in [-0.2, 0) is 21.2 Å². The van der Waals surface area contributed by atoms with Gasteiger partial charge in [-0.25, -0.2) is 9.19 Å². The molecule has 0 bridgehead atoms. The molecule has 30 heavy (non-hydrogen) atoms. The summed E-state index contributed by atoms with van der Waals surface area (Å²) in [6.07, 6.45) is 1.98. The van der Waals surface area contributed by atoms with Gasteiger partial charge in [0, 0.05) is 16.1 Å². The average Bonchev–Trinajstić information content (AvgIpc) is 3.47. The van der Waals surface area contributed by atoms with E-state index in [0.717, 1.165) is 24.0 Å². The Bertz CT molecular complexity index is 1090. The Labute approximate surface area is 187 Å². The third-order valence-corrected chi connectivity index (χ3v) is 7.62. The fourth-order valence-electron chi connectivity index (χ4n) is 2.88. The second kappa shape index (κ2) is 8.49. The molecular weight excluding hydrogens is 438 g/mol. The van der Waals surface area contributed by atoms with E-state index in [-0.39, 0.29) is 11.2 Å². The van der Waals surface area contributed by atoms with Crippen LogP contribution in [0.15, 0.2) is 53.9 Å². The van der Waals surface area contributed by atoms with E-state index in [9.17, 15) is 9.00 Å². The number of hydrogen-bond acceptors (Lipinski definition) is 4. The Balaban J connectivity index is 1.43. The molecule has 2 N–H and O–H groups in total. The molecule has 1 aromatic heterocycles. The first kappa shape index (κ1) is 21.0. The van der Waals surface area contributed by atoms with Crippen molar-refractivity contribution in [1.29, 1.82) is 0 Å². The maximum Gasteiger partial charge on any atom is 0.236 e. The van der Waals surface area contributed by atoms with E-state index in [1.54, 1.807) is 0 Å². The first-order valence-electron chi connectivity index (χ1n) is 9.63. The van der Waals surface area contributed by atoms with Gasteiger partial charge in [0.25, 0.3) is 0 Å². The second-order valence-corrected chi connectivity index (χ2v) is 10.6. The summed E-state index contributed by atoms with van der Waals surface area (Å²) in [5, 5.41) is 6.31. The van der Waals surface area contributed by atoms with E-state index in [2.05, 4.69) is 15.0 Å². The van der Waals surface area contributed by atoms with Crippen LogP contribution in [0.3, 0.4) is 0 Å². The molecule has 0 saturated heterocycles. The minimum atomic E-state index is -1.10. The maximum absolute atomic E-state index is 12.9. The highest BCUT2D eigenvalue weighted by atomic mass is 35.5. The number of amides is 1. The lowest BCUT2D eigenvalue weighted by Crippen LogP contribution is -2.35. The topological polar surface area (TPSA) is 71.1 Å². The van der Waals surface area contributed by atoms with Crippen molar-refractivity contribution >= 4 is 50.6 Å². The van der Waals surface area contributed by atoms with Crippen LogP contribution in [0.5, 0.6) is 0 Å². The molecular formula is C22H22ClN3O2S2. The number of anilines is 2. The zero-order valence-electron chi connectivity index (χ0n) is 16.6. The molecule has 1 heterocycles. The minimum Gasteiger partial charge on any atom is -0.325 e. The number of benzene rings is 2. The molecule has 2 aromatic carbocycles. The highest BCUT2D eigenvalue weighted by Gasteiger charge is 2.33. The number of nitrogens with one attached hydrogen (secondary N) is 2. The van der Waals surface area contributed by atoms with Gasteiger partial charge in [-0.1, -0.05) is 35.9 Å². The van der Waals surface area contributed by atoms with Gasteiger partial charge in [0.05, 0.1) is 16.4 Å². The van der Waals surface area contributed by atoms with Crippen molar-refractivity contribution < 1.29 is 9.00 Å². The van der Waals surface area contributed by atoms with Gasteiger partial charge in [-0.05, 0) is 62.1 Å². The number of rotatable bonds is 7. The zero-order valence-corrected chi connectivity index (χ0v) is 19.0. The normalized spacial score (nSPS) is 14.9. The number of halogens is 1. The van der Waals surface area contributed by atoms with Gasteiger partial charge in [-0.2, -0.15) is 0 Å². The molecule has 1 aliphatic carbocycles. The fourth-order valence-corrected chi connectivity index (χ4v) is 5.18. The number of hydrogen-bond donors (Lipinski definition) is 2. The lowest BCUT2D eigenvalue weighted by molar-refractivity contribution is -0.120. The number of nitrogens with zero attached hydrogens (tertiary/aromatic N) is 1. The Morgan fingerprint density at radius 1 is 1.17 bits per heavy atom. The molecule has 4 rings (SSSR count). The minimum absolute atomic E-state index is 0.154. The van der Waals surface area contributed by atoms with Crippen molar-refractivity contribution in [3.05, 3.63) is 64.6 Å². The summed E-state index contributed by atoms with van der Waals surface area (Å²) in [5.41, 5.74) is 2.57. The lowest BCUT2D eigenvalue weighted by Gasteiger charge is -2.21. The van der Waals surface area contributed by atoms with E-state index in [0.29, 0.717) is 21.5 Å². The van der Waals surface area contributed by atoms with Crippen LogP contribution < -0.4 is 10.0 Å². The van der Waals surface area contributed by atoms with Crippen molar-refractivity contribution in [2.24, 2.45) is 0 Å². The van der Waals surface area contributed by atoms with E-state index < -0.39 is 16.4 Å². The quantitative estimate of drug-likeness (QED) is 0.481. The summed E-state index contributed by atoms with van der Waals surface area (Å²) >= 11 is 7.44. The van der Waals surface area contributed by atoms with Crippen molar-refractivity contribution in [3.63, 3.8) is 0 Å². The van der Waals surface area contributed by atoms with Gasteiger partial charge >= 0.3 is 0 Å². The van der Waals surface area contributed by atoms with Crippen LogP contribution in [0.4, 0.5) is 10.8 Å².